The van der Waals surface area contributed by atoms with E-state index in [4.69, 9.17) is 4.74 Å². The van der Waals surface area contributed by atoms with Crippen LogP contribution in [0.5, 0.6) is 0 Å². The zero-order valence-corrected chi connectivity index (χ0v) is 12.9. The second-order valence-electron chi connectivity index (χ2n) is 7.38. The van der Waals surface area contributed by atoms with Crippen LogP contribution in [0.1, 0.15) is 67.2 Å². The minimum absolute atomic E-state index is 0.0782. The minimum atomic E-state index is -0.112. The zero-order chi connectivity index (χ0) is 14.0. The second-order valence-corrected chi connectivity index (χ2v) is 7.38. The van der Waals surface area contributed by atoms with Crippen LogP contribution in [-0.4, -0.2) is 11.7 Å². The Labute approximate surface area is 113 Å². The molecule has 0 N–H and O–H groups in total. The average molecular weight is 251 g/mol. The maximum Gasteiger partial charge on any atom is 0.0743 e. The molecule has 0 heterocycles. The number of rotatable bonds is 3. The number of hydrogen-bond acceptors (Lipinski definition) is 2. The van der Waals surface area contributed by atoms with E-state index in [2.05, 4.69) is 47.6 Å². The van der Waals surface area contributed by atoms with Crippen molar-refractivity contribution in [1.82, 2.24) is 0 Å². The van der Waals surface area contributed by atoms with E-state index in [1.165, 1.54) is 0 Å². The topological polar surface area (TPSA) is 33.0 Å². The summed E-state index contributed by atoms with van der Waals surface area (Å²) >= 11 is 0. The van der Waals surface area contributed by atoms with E-state index >= 15 is 0 Å². The molecule has 1 aliphatic carbocycles. The SMILES string of the molecule is CCC(C)(C)OC1CC(C(C)(C)C)CCC1C#N. The van der Waals surface area contributed by atoms with Crippen molar-refractivity contribution in [2.45, 2.75) is 78.9 Å². The van der Waals surface area contributed by atoms with Crippen LogP contribution in [0.3, 0.4) is 0 Å². The van der Waals surface area contributed by atoms with Gasteiger partial charge in [-0.2, -0.15) is 5.26 Å². The van der Waals surface area contributed by atoms with Crippen molar-refractivity contribution in [2.24, 2.45) is 17.3 Å². The Kier molecular flexibility index (Phi) is 4.84. The number of nitriles is 1. The summed E-state index contributed by atoms with van der Waals surface area (Å²) in [7, 11) is 0. The number of nitrogens with zero attached hydrogens (tertiary/aromatic N) is 1. The van der Waals surface area contributed by atoms with Crippen molar-refractivity contribution < 1.29 is 4.74 Å². The predicted octanol–water partition coefficient (Wildman–Crippen LogP) is 4.55. The van der Waals surface area contributed by atoms with Gasteiger partial charge in [0.2, 0.25) is 0 Å². The Bertz CT molecular complexity index is 308. The zero-order valence-electron chi connectivity index (χ0n) is 12.9. The summed E-state index contributed by atoms with van der Waals surface area (Å²) in [6, 6.07) is 2.45. The molecule has 1 aliphatic rings. The Morgan fingerprint density at radius 1 is 1.17 bits per heavy atom. The van der Waals surface area contributed by atoms with E-state index in [1.807, 2.05) is 0 Å². The van der Waals surface area contributed by atoms with Gasteiger partial charge < -0.3 is 4.74 Å². The van der Waals surface area contributed by atoms with Gasteiger partial charge in [0, 0.05) is 0 Å². The molecule has 0 spiro atoms. The molecule has 2 heteroatoms. The fraction of sp³-hybridized carbons (Fsp3) is 0.938. The average Bonchev–Trinajstić information content (AvgIpc) is 2.27. The Hall–Kier alpha value is -0.550. The minimum Gasteiger partial charge on any atom is -0.371 e. The first-order valence-electron chi connectivity index (χ1n) is 7.27. The molecule has 1 saturated carbocycles. The lowest BCUT2D eigenvalue weighted by Gasteiger charge is -2.42. The Morgan fingerprint density at radius 3 is 2.22 bits per heavy atom. The first-order chi connectivity index (χ1) is 8.19. The molecule has 2 nitrogen and oxygen atoms in total. The molecular formula is C16H29NO. The van der Waals surface area contributed by atoms with E-state index in [9.17, 15) is 5.26 Å². The van der Waals surface area contributed by atoms with Crippen molar-refractivity contribution in [2.75, 3.05) is 0 Å². The van der Waals surface area contributed by atoms with E-state index in [0.29, 0.717) is 11.3 Å². The van der Waals surface area contributed by atoms with Crippen molar-refractivity contribution in [3.8, 4) is 6.07 Å². The molecule has 104 valence electrons. The normalized spacial score (nSPS) is 29.9. The van der Waals surface area contributed by atoms with Gasteiger partial charge in [0.1, 0.15) is 0 Å². The summed E-state index contributed by atoms with van der Waals surface area (Å²) in [6.07, 6.45) is 4.28. The second kappa shape index (κ2) is 5.61. The third kappa shape index (κ3) is 3.99. The molecule has 0 radical (unpaired) electrons. The summed E-state index contributed by atoms with van der Waals surface area (Å²) in [4.78, 5) is 0. The maximum absolute atomic E-state index is 9.29. The number of hydrogen-bond donors (Lipinski definition) is 0. The van der Waals surface area contributed by atoms with Crippen LogP contribution in [0.25, 0.3) is 0 Å². The molecule has 18 heavy (non-hydrogen) atoms. The summed E-state index contributed by atoms with van der Waals surface area (Å²) < 4.78 is 6.23. The predicted molar refractivity (Wildman–Crippen MR) is 75.1 cm³/mol. The highest BCUT2D eigenvalue weighted by atomic mass is 16.5. The van der Waals surface area contributed by atoms with Gasteiger partial charge in [-0.25, -0.2) is 0 Å². The van der Waals surface area contributed by atoms with Crippen LogP contribution in [0.4, 0.5) is 0 Å². The first-order valence-corrected chi connectivity index (χ1v) is 7.27. The van der Waals surface area contributed by atoms with Gasteiger partial charge in [0.05, 0.1) is 23.7 Å². The summed E-state index contributed by atoms with van der Waals surface area (Å²) in [5.41, 5.74) is 0.206. The van der Waals surface area contributed by atoms with Crippen molar-refractivity contribution in [1.29, 1.82) is 5.26 Å². The monoisotopic (exact) mass is 251 g/mol. The van der Waals surface area contributed by atoms with Crippen molar-refractivity contribution in [3.05, 3.63) is 0 Å². The molecular weight excluding hydrogens is 222 g/mol. The molecule has 1 rings (SSSR count). The third-order valence-electron chi connectivity index (χ3n) is 4.50. The van der Waals surface area contributed by atoms with Crippen LogP contribution >= 0.6 is 0 Å². The van der Waals surface area contributed by atoms with Crippen molar-refractivity contribution in [3.63, 3.8) is 0 Å². The largest absolute Gasteiger partial charge is 0.371 e. The quantitative estimate of drug-likeness (QED) is 0.737. The van der Waals surface area contributed by atoms with Crippen molar-refractivity contribution >= 4 is 0 Å². The molecule has 0 amide bonds. The molecule has 1 fully saturated rings. The van der Waals surface area contributed by atoms with Crippen LogP contribution < -0.4 is 0 Å². The highest BCUT2D eigenvalue weighted by molar-refractivity contribution is 4.96. The molecule has 0 aliphatic heterocycles. The molecule has 0 bridgehead atoms. The van der Waals surface area contributed by atoms with E-state index in [0.717, 1.165) is 25.7 Å². The third-order valence-corrected chi connectivity index (χ3v) is 4.50. The number of ether oxygens (including phenoxy) is 1. The van der Waals surface area contributed by atoms with Crippen LogP contribution in [-0.2, 0) is 4.74 Å². The van der Waals surface area contributed by atoms with Gasteiger partial charge >= 0.3 is 0 Å². The highest BCUT2D eigenvalue weighted by Gasteiger charge is 2.38. The smallest absolute Gasteiger partial charge is 0.0743 e. The molecule has 0 saturated heterocycles. The Balaban J connectivity index is 2.75. The van der Waals surface area contributed by atoms with E-state index in [-0.39, 0.29) is 17.6 Å². The lowest BCUT2D eigenvalue weighted by atomic mass is 9.69. The van der Waals surface area contributed by atoms with Crippen LogP contribution in [0, 0.1) is 28.6 Å². The molecule has 0 aromatic rings. The van der Waals surface area contributed by atoms with Gasteiger partial charge in [-0.1, -0.05) is 27.7 Å². The summed E-state index contributed by atoms with van der Waals surface area (Å²) in [5, 5.41) is 9.29. The maximum atomic E-state index is 9.29. The van der Waals surface area contributed by atoms with E-state index in [1.54, 1.807) is 0 Å². The van der Waals surface area contributed by atoms with Gasteiger partial charge in [-0.15, -0.1) is 0 Å². The molecule has 3 atom stereocenters. The van der Waals surface area contributed by atoms with E-state index < -0.39 is 0 Å². The first kappa shape index (κ1) is 15.5. The fourth-order valence-corrected chi connectivity index (χ4v) is 2.69. The standard InChI is InChI=1S/C16H29NO/c1-7-16(5,6)18-14-10-13(15(2,3)4)9-8-12(14)11-17/h12-14H,7-10H2,1-6H3. The summed E-state index contributed by atoms with van der Waals surface area (Å²) in [6.45, 7) is 13.3. The fourth-order valence-electron chi connectivity index (χ4n) is 2.69. The van der Waals surface area contributed by atoms with Gasteiger partial charge in [-0.3, -0.25) is 0 Å². The molecule has 3 unspecified atom stereocenters. The lowest BCUT2D eigenvalue weighted by molar-refractivity contribution is -0.115. The highest BCUT2D eigenvalue weighted by Crippen LogP contribution is 2.42. The van der Waals surface area contributed by atoms with Crippen LogP contribution in [0.2, 0.25) is 0 Å². The van der Waals surface area contributed by atoms with Gasteiger partial charge in [0.25, 0.3) is 0 Å². The van der Waals surface area contributed by atoms with Gasteiger partial charge in [-0.05, 0) is 50.9 Å². The van der Waals surface area contributed by atoms with Crippen LogP contribution in [0.15, 0.2) is 0 Å². The lowest BCUT2D eigenvalue weighted by Crippen LogP contribution is -2.40. The molecule has 0 aromatic heterocycles. The molecule has 0 aromatic carbocycles. The van der Waals surface area contributed by atoms with Gasteiger partial charge in [0.15, 0.2) is 0 Å². The summed E-state index contributed by atoms with van der Waals surface area (Å²) in [5.74, 6) is 0.745. The Morgan fingerprint density at radius 2 is 1.78 bits per heavy atom.